The van der Waals surface area contributed by atoms with Crippen molar-refractivity contribution < 1.29 is 23.9 Å². The first-order valence-electron chi connectivity index (χ1n) is 11.3. The molecule has 4 rings (SSSR count). The molecule has 0 spiro atoms. The summed E-state index contributed by atoms with van der Waals surface area (Å²) in [6, 6.07) is 15.5. The van der Waals surface area contributed by atoms with Crippen molar-refractivity contribution >= 4 is 64.4 Å². The van der Waals surface area contributed by atoms with Crippen LogP contribution in [0.15, 0.2) is 66.2 Å². The summed E-state index contributed by atoms with van der Waals surface area (Å²) < 4.78 is 11.3. The van der Waals surface area contributed by atoms with Gasteiger partial charge in [-0.25, -0.2) is 9.69 Å². The van der Waals surface area contributed by atoms with Crippen molar-refractivity contribution in [2.75, 3.05) is 11.5 Å². The lowest BCUT2D eigenvalue weighted by molar-refractivity contribution is -0.122. The maximum atomic E-state index is 13.1. The highest BCUT2D eigenvalue weighted by atomic mass is 35.5. The molecule has 3 aromatic carbocycles. The fourth-order valence-electron chi connectivity index (χ4n) is 3.49. The number of hydrogen-bond acceptors (Lipinski definition) is 5. The Balaban J connectivity index is 1.52. The van der Waals surface area contributed by atoms with Gasteiger partial charge in [0.1, 0.15) is 23.7 Å². The van der Waals surface area contributed by atoms with Crippen LogP contribution >= 0.6 is 34.8 Å². The number of nitrogens with one attached hydrogen (secondary N) is 1. The summed E-state index contributed by atoms with van der Waals surface area (Å²) in [5.41, 5.74) is 1.28. The molecule has 190 valence electrons. The number of carbonyl (C=O) groups excluding carboxylic acids is 3. The molecular formula is C27H21Cl3N2O5. The molecule has 10 heteroatoms. The van der Waals surface area contributed by atoms with Gasteiger partial charge in [0.25, 0.3) is 11.8 Å². The third-order valence-electron chi connectivity index (χ3n) is 5.33. The van der Waals surface area contributed by atoms with Gasteiger partial charge < -0.3 is 9.47 Å². The molecule has 0 aromatic heterocycles. The molecule has 0 saturated carbocycles. The van der Waals surface area contributed by atoms with Gasteiger partial charge in [0.15, 0.2) is 0 Å². The lowest BCUT2D eigenvalue weighted by atomic mass is 10.1. The van der Waals surface area contributed by atoms with E-state index in [9.17, 15) is 14.4 Å². The van der Waals surface area contributed by atoms with E-state index in [4.69, 9.17) is 44.3 Å². The average molecular weight is 560 g/mol. The summed E-state index contributed by atoms with van der Waals surface area (Å²) in [6.45, 7) is 2.70. The van der Waals surface area contributed by atoms with Crippen LogP contribution in [0.25, 0.3) is 6.08 Å². The Hall–Kier alpha value is -3.52. The van der Waals surface area contributed by atoms with Gasteiger partial charge in [0.2, 0.25) is 0 Å². The summed E-state index contributed by atoms with van der Waals surface area (Å²) in [4.78, 5) is 39.0. The van der Waals surface area contributed by atoms with Gasteiger partial charge >= 0.3 is 6.03 Å². The Morgan fingerprint density at radius 1 is 0.892 bits per heavy atom. The fourth-order valence-corrected chi connectivity index (χ4v) is 4.19. The number of nitrogens with zero attached hydrogens (tertiary/aromatic N) is 1. The van der Waals surface area contributed by atoms with Crippen LogP contribution in [0.1, 0.15) is 24.5 Å². The first-order valence-corrected chi connectivity index (χ1v) is 12.4. The highest BCUT2D eigenvalue weighted by Gasteiger charge is 2.36. The third-order valence-corrected chi connectivity index (χ3v) is 6.22. The number of anilines is 1. The molecule has 3 aromatic rings. The summed E-state index contributed by atoms with van der Waals surface area (Å²) in [5, 5.41) is 3.45. The number of halogens is 3. The van der Waals surface area contributed by atoms with E-state index in [1.807, 2.05) is 6.92 Å². The minimum atomic E-state index is -0.836. The summed E-state index contributed by atoms with van der Waals surface area (Å²) in [5.74, 6) is -0.568. The predicted octanol–water partition coefficient (Wildman–Crippen LogP) is 6.68. The molecule has 0 bridgehead atoms. The zero-order valence-electron chi connectivity index (χ0n) is 19.6. The number of carbonyl (C=O) groups is 3. The molecule has 1 aliphatic rings. The molecule has 1 aliphatic heterocycles. The van der Waals surface area contributed by atoms with E-state index in [0.29, 0.717) is 39.4 Å². The van der Waals surface area contributed by atoms with Gasteiger partial charge in [0.05, 0.1) is 17.3 Å². The van der Waals surface area contributed by atoms with E-state index >= 15 is 0 Å². The molecule has 7 nitrogen and oxygen atoms in total. The Kier molecular flexibility index (Phi) is 8.38. The number of imide groups is 2. The van der Waals surface area contributed by atoms with Gasteiger partial charge in [-0.15, -0.1) is 0 Å². The monoisotopic (exact) mass is 558 g/mol. The zero-order chi connectivity index (χ0) is 26.5. The van der Waals surface area contributed by atoms with Crippen LogP contribution in [-0.2, 0) is 16.2 Å². The van der Waals surface area contributed by atoms with E-state index in [2.05, 4.69) is 5.32 Å². The van der Waals surface area contributed by atoms with E-state index < -0.39 is 17.8 Å². The molecule has 1 N–H and O–H groups in total. The van der Waals surface area contributed by atoms with Crippen LogP contribution in [-0.4, -0.2) is 24.5 Å². The number of hydrogen-bond donors (Lipinski definition) is 1. The molecule has 0 aliphatic carbocycles. The lowest BCUT2D eigenvalue weighted by Crippen LogP contribution is -2.54. The third kappa shape index (κ3) is 6.25. The van der Waals surface area contributed by atoms with Crippen LogP contribution in [0.5, 0.6) is 11.5 Å². The second-order valence-electron chi connectivity index (χ2n) is 8.01. The molecule has 4 amide bonds. The summed E-state index contributed by atoms with van der Waals surface area (Å²) in [7, 11) is 0. The Bertz CT molecular complexity index is 1390. The van der Waals surface area contributed by atoms with Crippen molar-refractivity contribution in [3.8, 4) is 11.5 Å². The molecule has 1 heterocycles. The summed E-state index contributed by atoms with van der Waals surface area (Å²) in [6.07, 6.45) is 2.21. The normalized spacial score (nSPS) is 14.6. The molecule has 1 saturated heterocycles. The van der Waals surface area contributed by atoms with E-state index in [1.165, 1.54) is 6.08 Å². The number of rotatable bonds is 8. The number of benzene rings is 3. The molecular weight excluding hydrogens is 539 g/mol. The minimum absolute atomic E-state index is 0.163. The SMILES string of the molecule is CCCOc1ccc(N2C(=O)NC(=O)/C(=C/c3ccc(OCc4ccc(Cl)cc4Cl)c(Cl)c3)C2=O)cc1. The molecule has 0 unspecified atom stereocenters. The molecule has 0 atom stereocenters. The van der Waals surface area contributed by atoms with Crippen molar-refractivity contribution in [1.82, 2.24) is 5.32 Å². The fraction of sp³-hybridized carbons (Fsp3) is 0.148. The number of barbiturate groups is 1. The van der Waals surface area contributed by atoms with Crippen LogP contribution < -0.4 is 19.7 Å². The number of urea groups is 1. The van der Waals surface area contributed by atoms with Gasteiger partial charge in [0, 0.05) is 15.6 Å². The average Bonchev–Trinajstić information content (AvgIpc) is 2.86. The van der Waals surface area contributed by atoms with E-state index in [0.717, 1.165) is 16.9 Å². The first-order chi connectivity index (χ1) is 17.8. The highest BCUT2D eigenvalue weighted by molar-refractivity contribution is 6.39. The quantitative estimate of drug-likeness (QED) is 0.246. The molecule has 0 radical (unpaired) electrons. The lowest BCUT2D eigenvalue weighted by Gasteiger charge is -2.26. The second-order valence-corrected chi connectivity index (χ2v) is 9.27. The van der Waals surface area contributed by atoms with Crippen molar-refractivity contribution in [1.29, 1.82) is 0 Å². The smallest absolute Gasteiger partial charge is 0.335 e. The van der Waals surface area contributed by atoms with Gasteiger partial charge in [-0.1, -0.05) is 53.9 Å². The van der Waals surface area contributed by atoms with Crippen molar-refractivity contribution in [2.24, 2.45) is 0 Å². The second kappa shape index (κ2) is 11.7. The predicted molar refractivity (Wildman–Crippen MR) is 143 cm³/mol. The highest BCUT2D eigenvalue weighted by Crippen LogP contribution is 2.30. The van der Waals surface area contributed by atoms with Crippen LogP contribution in [0.3, 0.4) is 0 Å². The van der Waals surface area contributed by atoms with Gasteiger partial charge in [-0.2, -0.15) is 0 Å². The Morgan fingerprint density at radius 3 is 2.32 bits per heavy atom. The van der Waals surface area contributed by atoms with Crippen molar-refractivity contribution in [3.63, 3.8) is 0 Å². The van der Waals surface area contributed by atoms with Crippen molar-refractivity contribution in [3.05, 3.63) is 92.4 Å². The first kappa shape index (κ1) is 26.5. The largest absolute Gasteiger partial charge is 0.494 e. The summed E-state index contributed by atoms with van der Waals surface area (Å²) >= 11 is 18.5. The Morgan fingerprint density at radius 2 is 1.65 bits per heavy atom. The van der Waals surface area contributed by atoms with E-state index in [1.54, 1.807) is 60.7 Å². The maximum absolute atomic E-state index is 13.1. The topological polar surface area (TPSA) is 84.9 Å². The van der Waals surface area contributed by atoms with Crippen LogP contribution in [0, 0.1) is 0 Å². The standard InChI is InChI=1S/C27H21Cl3N2O5/c1-2-11-36-20-8-6-19(7-9-20)32-26(34)21(25(33)31-27(32)35)12-16-3-10-24(23(30)13-16)37-15-17-4-5-18(28)14-22(17)29/h3-10,12-14H,2,11,15H2,1H3,(H,31,33,35)/b21-12-. The zero-order valence-corrected chi connectivity index (χ0v) is 21.9. The van der Waals surface area contributed by atoms with Crippen LogP contribution in [0.4, 0.5) is 10.5 Å². The molecule has 37 heavy (non-hydrogen) atoms. The molecule has 1 fully saturated rings. The maximum Gasteiger partial charge on any atom is 0.335 e. The van der Waals surface area contributed by atoms with E-state index in [-0.39, 0.29) is 17.2 Å². The number of amides is 4. The Labute approximate surface area is 228 Å². The van der Waals surface area contributed by atoms with Crippen LogP contribution in [0.2, 0.25) is 15.1 Å². The van der Waals surface area contributed by atoms with Crippen molar-refractivity contribution in [2.45, 2.75) is 20.0 Å². The van der Waals surface area contributed by atoms with Gasteiger partial charge in [-0.05, 0) is 66.6 Å². The van der Waals surface area contributed by atoms with Gasteiger partial charge in [-0.3, -0.25) is 14.9 Å². The number of ether oxygens (including phenoxy) is 2. The minimum Gasteiger partial charge on any atom is -0.494 e.